The molecule has 3 rings (SSSR count). The Morgan fingerprint density at radius 2 is 1.86 bits per heavy atom. The largest absolute Gasteiger partial charge is 0.345 e. The lowest BCUT2D eigenvalue weighted by Crippen LogP contribution is -1.97. The number of aromatic nitrogens is 1. The molecule has 3 nitrogen and oxygen atoms in total. The third-order valence-electron chi connectivity index (χ3n) is 3.48. The van der Waals surface area contributed by atoms with Gasteiger partial charge in [0.1, 0.15) is 0 Å². The Hall–Kier alpha value is -2.55. The van der Waals surface area contributed by atoms with Crippen LogP contribution in [-0.4, -0.2) is 10.8 Å². The van der Waals surface area contributed by atoms with Crippen molar-refractivity contribution in [3.63, 3.8) is 0 Å². The van der Waals surface area contributed by atoms with Crippen molar-refractivity contribution in [1.29, 1.82) is 0 Å². The smallest absolute Gasteiger partial charge is 0.0561 e. The number of para-hydroxylation sites is 1. The molecule has 21 heavy (non-hydrogen) atoms. The van der Waals surface area contributed by atoms with Crippen LogP contribution in [0.25, 0.3) is 10.9 Å². The van der Waals surface area contributed by atoms with E-state index in [1.165, 1.54) is 10.9 Å². The number of hydrogen-bond donors (Lipinski definition) is 1. The van der Waals surface area contributed by atoms with Crippen LogP contribution >= 0.6 is 0 Å². The maximum Gasteiger partial charge on any atom is 0.0561 e. The quantitative estimate of drug-likeness (QED) is 0.545. The van der Waals surface area contributed by atoms with Crippen LogP contribution in [0.1, 0.15) is 25.5 Å². The summed E-state index contributed by atoms with van der Waals surface area (Å²) < 4.78 is 2.28. The van der Waals surface area contributed by atoms with E-state index >= 15 is 0 Å². The predicted molar refractivity (Wildman–Crippen MR) is 90.0 cm³/mol. The maximum atomic E-state index is 4.28. The van der Waals surface area contributed by atoms with Crippen LogP contribution in [0.15, 0.2) is 65.9 Å². The molecule has 1 N–H and O–H groups in total. The van der Waals surface area contributed by atoms with Gasteiger partial charge in [-0.15, -0.1) is 0 Å². The van der Waals surface area contributed by atoms with Gasteiger partial charge in [0.2, 0.25) is 0 Å². The Balaban J connectivity index is 1.79. The number of benzene rings is 2. The first kappa shape index (κ1) is 13.4. The van der Waals surface area contributed by atoms with Gasteiger partial charge in [0.05, 0.1) is 11.9 Å². The van der Waals surface area contributed by atoms with Crippen molar-refractivity contribution in [2.24, 2.45) is 5.10 Å². The van der Waals surface area contributed by atoms with E-state index in [-0.39, 0.29) is 0 Å². The van der Waals surface area contributed by atoms with E-state index in [0.29, 0.717) is 6.04 Å². The molecular formula is C18H19N3. The minimum absolute atomic E-state index is 0.474. The number of fused-ring (bicyclic) bond motifs is 1. The van der Waals surface area contributed by atoms with E-state index < -0.39 is 0 Å². The average molecular weight is 277 g/mol. The van der Waals surface area contributed by atoms with Gasteiger partial charge in [-0.3, -0.25) is 5.43 Å². The Labute approximate surface area is 124 Å². The van der Waals surface area contributed by atoms with Crippen LogP contribution in [0.2, 0.25) is 0 Å². The number of hydrogen-bond acceptors (Lipinski definition) is 2. The van der Waals surface area contributed by atoms with E-state index in [4.69, 9.17) is 0 Å². The molecule has 3 heteroatoms. The molecule has 2 aromatic carbocycles. The molecule has 0 radical (unpaired) electrons. The van der Waals surface area contributed by atoms with Gasteiger partial charge >= 0.3 is 0 Å². The van der Waals surface area contributed by atoms with Crippen LogP contribution in [0.5, 0.6) is 0 Å². The molecule has 106 valence electrons. The molecular weight excluding hydrogens is 258 g/mol. The van der Waals surface area contributed by atoms with Crippen LogP contribution in [0.4, 0.5) is 5.69 Å². The van der Waals surface area contributed by atoms with Gasteiger partial charge in [-0.2, -0.15) is 5.10 Å². The lowest BCUT2D eigenvalue weighted by Gasteiger charge is -2.09. The summed E-state index contributed by atoms with van der Waals surface area (Å²) in [5.74, 6) is 0. The summed E-state index contributed by atoms with van der Waals surface area (Å²) in [5.41, 5.74) is 6.37. The average Bonchev–Trinajstić information content (AvgIpc) is 2.91. The first-order chi connectivity index (χ1) is 10.2. The summed E-state index contributed by atoms with van der Waals surface area (Å²) in [6.07, 6.45) is 3.98. The fraction of sp³-hybridized carbons (Fsp3) is 0.167. The lowest BCUT2D eigenvalue weighted by atomic mass is 10.2. The van der Waals surface area contributed by atoms with Gasteiger partial charge < -0.3 is 4.57 Å². The highest BCUT2D eigenvalue weighted by Gasteiger charge is 2.03. The molecule has 1 aromatic heterocycles. The molecule has 0 amide bonds. The first-order valence-corrected chi connectivity index (χ1v) is 7.19. The van der Waals surface area contributed by atoms with Crippen LogP contribution in [-0.2, 0) is 0 Å². The molecule has 0 atom stereocenters. The lowest BCUT2D eigenvalue weighted by molar-refractivity contribution is 0.623. The van der Waals surface area contributed by atoms with Crippen LogP contribution in [0.3, 0.4) is 0 Å². The topological polar surface area (TPSA) is 29.3 Å². The summed E-state index contributed by atoms with van der Waals surface area (Å²) in [6.45, 7) is 4.39. The molecule has 3 aromatic rings. The van der Waals surface area contributed by atoms with E-state index in [2.05, 4.69) is 59.4 Å². The molecule has 0 aliphatic heterocycles. The highest BCUT2D eigenvalue weighted by molar-refractivity contribution is 5.89. The van der Waals surface area contributed by atoms with Gasteiger partial charge in [0.15, 0.2) is 0 Å². The van der Waals surface area contributed by atoms with E-state index in [0.717, 1.165) is 11.3 Å². The molecule has 0 fully saturated rings. The van der Waals surface area contributed by atoms with E-state index in [1.807, 2.05) is 36.5 Å². The van der Waals surface area contributed by atoms with E-state index in [9.17, 15) is 0 Å². The molecule has 0 aliphatic carbocycles. The van der Waals surface area contributed by atoms with Crippen molar-refractivity contribution in [2.75, 3.05) is 5.43 Å². The third-order valence-corrected chi connectivity index (χ3v) is 3.48. The molecule has 0 bridgehead atoms. The van der Waals surface area contributed by atoms with Crippen LogP contribution < -0.4 is 5.43 Å². The second kappa shape index (κ2) is 5.83. The second-order valence-corrected chi connectivity index (χ2v) is 5.37. The number of nitrogens with one attached hydrogen (secondary N) is 1. The van der Waals surface area contributed by atoms with Gasteiger partial charge in [0.25, 0.3) is 0 Å². The summed E-state index contributed by atoms with van der Waals surface area (Å²) >= 11 is 0. The van der Waals surface area contributed by atoms with Crippen molar-refractivity contribution >= 4 is 22.8 Å². The predicted octanol–water partition coefficient (Wildman–Crippen LogP) is 4.67. The number of hydrazone groups is 1. The Morgan fingerprint density at radius 3 is 2.62 bits per heavy atom. The fourth-order valence-electron chi connectivity index (χ4n) is 2.41. The molecule has 0 aliphatic rings. The summed E-state index contributed by atoms with van der Waals surface area (Å²) in [4.78, 5) is 0. The molecule has 0 saturated heterocycles. The van der Waals surface area contributed by atoms with Gasteiger partial charge in [-0.05, 0) is 49.7 Å². The first-order valence-electron chi connectivity index (χ1n) is 7.19. The number of rotatable bonds is 4. The minimum atomic E-state index is 0.474. The molecule has 1 heterocycles. The molecule has 0 saturated carbocycles. The minimum Gasteiger partial charge on any atom is -0.345 e. The Morgan fingerprint density at radius 1 is 1.05 bits per heavy atom. The summed E-state index contributed by atoms with van der Waals surface area (Å²) in [6, 6.07) is 19.0. The van der Waals surface area contributed by atoms with Crippen molar-refractivity contribution in [2.45, 2.75) is 19.9 Å². The van der Waals surface area contributed by atoms with Crippen LogP contribution in [0, 0.1) is 0 Å². The third kappa shape index (κ3) is 2.97. The normalized spacial score (nSPS) is 11.6. The fourth-order valence-corrected chi connectivity index (χ4v) is 2.41. The van der Waals surface area contributed by atoms with Crippen molar-refractivity contribution < 1.29 is 0 Å². The van der Waals surface area contributed by atoms with Gasteiger partial charge in [0, 0.05) is 23.1 Å². The van der Waals surface area contributed by atoms with Gasteiger partial charge in [-0.1, -0.05) is 24.3 Å². The highest BCUT2D eigenvalue weighted by Crippen LogP contribution is 2.20. The van der Waals surface area contributed by atoms with Crippen molar-refractivity contribution in [3.05, 3.63) is 66.4 Å². The van der Waals surface area contributed by atoms with E-state index in [1.54, 1.807) is 0 Å². The molecule has 0 unspecified atom stereocenters. The SMILES string of the molecule is CC(C)n1ccc2cc(C=NNc3ccccc3)ccc21. The van der Waals surface area contributed by atoms with Gasteiger partial charge in [-0.25, -0.2) is 0 Å². The second-order valence-electron chi connectivity index (χ2n) is 5.37. The Kier molecular flexibility index (Phi) is 3.73. The van der Waals surface area contributed by atoms with Crippen molar-refractivity contribution in [1.82, 2.24) is 4.57 Å². The zero-order chi connectivity index (χ0) is 14.7. The zero-order valence-electron chi connectivity index (χ0n) is 12.3. The zero-order valence-corrected chi connectivity index (χ0v) is 12.3. The standard InChI is InChI=1S/C18H19N3/c1-14(2)21-11-10-16-12-15(8-9-18(16)21)13-19-20-17-6-4-3-5-7-17/h3-14,20H,1-2H3. The molecule has 0 spiro atoms. The summed E-state index contributed by atoms with van der Waals surface area (Å²) in [5, 5.41) is 5.52. The maximum absolute atomic E-state index is 4.28. The number of anilines is 1. The monoisotopic (exact) mass is 277 g/mol. The summed E-state index contributed by atoms with van der Waals surface area (Å²) in [7, 11) is 0. The highest BCUT2D eigenvalue weighted by atomic mass is 15.3. The Bertz CT molecular complexity index is 754. The number of nitrogens with zero attached hydrogens (tertiary/aromatic N) is 2. The van der Waals surface area contributed by atoms with Crippen molar-refractivity contribution in [3.8, 4) is 0 Å².